The molecular weight excluding hydrogens is 191 g/mol. The molecule has 0 fully saturated rings. The summed E-state index contributed by atoms with van der Waals surface area (Å²) in [5, 5.41) is 2.26. The summed E-state index contributed by atoms with van der Waals surface area (Å²) in [5.41, 5.74) is 0.390. The van der Waals surface area contributed by atoms with Crippen molar-refractivity contribution in [3.8, 4) is 0 Å². The van der Waals surface area contributed by atoms with Crippen LogP contribution in [0, 0.1) is 0 Å². The van der Waals surface area contributed by atoms with Gasteiger partial charge in [0.2, 0.25) is 0 Å². The zero-order chi connectivity index (χ0) is 9.19. The van der Waals surface area contributed by atoms with Crippen molar-refractivity contribution in [1.29, 1.82) is 0 Å². The lowest BCUT2D eigenvalue weighted by atomic mass is 10.2. The van der Waals surface area contributed by atoms with E-state index in [-0.39, 0.29) is 5.88 Å². The van der Waals surface area contributed by atoms with Gasteiger partial charge < -0.3 is 5.32 Å². The van der Waals surface area contributed by atoms with Gasteiger partial charge in [0.1, 0.15) is 6.04 Å². The molecule has 1 heterocycles. The second-order valence-corrected chi connectivity index (χ2v) is 2.64. The molecule has 68 valence electrons. The summed E-state index contributed by atoms with van der Waals surface area (Å²) in [6, 6.07) is -1.60. The van der Waals surface area contributed by atoms with Crippen LogP contribution >= 0.6 is 11.6 Å². The molecule has 0 aromatic heterocycles. The Kier molecular flexibility index (Phi) is 2.67. The minimum atomic E-state index is -4.25. The molecule has 0 aromatic carbocycles. The van der Waals surface area contributed by atoms with Crippen LogP contribution in [-0.4, -0.2) is 18.1 Å². The quantitative estimate of drug-likeness (QED) is 0.636. The van der Waals surface area contributed by atoms with Gasteiger partial charge >= 0.3 is 6.18 Å². The molecule has 0 bridgehead atoms. The summed E-state index contributed by atoms with van der Waals surface area (Å²) in [6.07, 6.45) is -0.320. The Hall–Kier alpha value is -0.640. The van der Waals surface area contributed by atoms with Crippen molar-refractivity contribution in [2.45, 2.75) is 12.2 Å². The van der Waals surface area contributed by atoms with Gasteiger partial charge in [-0.25, -0.2) is 0 Å². The van der Waals surface area contributed by atoms with Crippen LogP contribution in [0.2, 0.25) is 0 Å². The fourth-order valence-corrected chi connectivity index (χ4v) is 1.02. The molecular formula is C7H7ClF3N. The number of nitrogens with one attached hydrogen (secondary N) is 1. The molecule has 0 amide bonds. The highest BCUT2D eigenvalue weighted by atomic mass is 35.5. The first-order chi connectivity index (χ1) is 5.54. The van der Waals surface area contributed by atoms with Gasteiger partial charge in [-0.15, -0.1) is 11.6 Å². The van der Waals surface area contributed by atoms with Crippen LogP contribution in [0.15, 0.2) is 23.9 Å². The summed E-state index contributed by atoms with van der Waals surface area (Å²) in [5.74, 6) is 0.0664. The molecule has 0 spiro atoms. The molecule has 1 nitrogen and oxygen atoms in total. The number of dihydropyridines is 1. The van der Waals surface area contributed by atoms with E-state index in [1.54, 1.807) is 0 Å². The van der Waals surface area contributed by atoms with E-state index in [0.717, 1.165) is 6.08 Å². The number of allylic oxidation sites excluding steroid dienone is 3. The highest BCUT2D eigenvalue weighted by molar-refractivity contribution is 6.19. The molecule has 0 saturated carbocycles. The summed E-state index contributed by atoms with van der Waals surface area (Å²) >= 11 is 5.36. The van der Waals surface area contributed by atoms with E-state index >= 15 is 0 Å². The van der Waals surface area contributed by atoms with Crippen LogP contribution in [0.1, 0.15) is 0 Å². The topological polar surface area (TPSA) is 12.0 Å². The van der Waals surface area contributed by atoms with Gasteiger partial charge in [-0.3, -0.25) is 0 Å². The molecule has 0 radical (unpaired) electrons. The SMILES string of the molecule is FC(F)(F)C1C=CC=C(CCl)N1. The Bertz CT molecular complexity index is 219. The van der Waals surface area contributed by atoms with E-state index < -0.39 is 12.2 Å². The van der Waals surface area contributed by atoms with Gasteiger partial charge in [0.05, 0.1) is 5.88 Å². The normalized spacial score (nSPS) is 23.3. The molecule has 12 heavy (non-hydrogen) atoms. The first-order valence-corrected chi connectivity index (χ1v) is 3.84. The molecule has 1 rings (SSSR count). The predicted molar refractivity (Wildman–Crippen MR) is 40.9 cm³/mol. The number of rotatable bonds is 1. The highest BCUT2D eigenvalue weighted by Gasteiger charge is 2.38. The third-order valence-corrected chi connectivity index (χ3v) is 1.73. The van der Waals surface area contributed by atoms with Crippen LogP contribution in [0.4, 0.5) is 13.2 Å². The Morgan fingerprint density at radius 3 is 2.67 bits per heavy atom. The molecule has 0 aliphatic carbocycles. The number of halogens is 4. The first-order valence-electron chi connectivity index (χ1n) is 3.30. The number of hydrogen-bond donors (Lipinski definition) is 1. The Morgan fingerprint density at radius 1 is 1.50 bits per heavy atom. The minimum Gasteiger partial charge on any atom is -0.373 e. The molecule has 1 aliphatic rings. The van der Waals surface area contributed by atoms with Crippen molar-refractivity contribution in [3.05, 3.63) is 23.9 Å². The Labute approximate surface area is 72.9 Å². The molecule has 1 unspecified atom stereocenters. The molecule has 1 aliphatic heterocycles. The zero-order valence-electron chi connectivity index (χ0n) is 6.03. The second kappa shape index (κ2) is 3.39. The summed E-state index contributed by atoms with van der Waals surface area (Å²) < 4.78 is 36.2. The minimum absolute atomic E-state index is 0.0664. The van der Waals surface area contributed by atoms with Crippen molar-refractivity contribution in [1.82, 2.24) is 5.32 Å². The van der Waals surface area contributed by atoms with E-state index in [1.807, 2.05) is 0 Å². The van der Waals surface area contributed by atoms with E-state index in [2.05, 4.69) is 5.32 Å². The van der Waals surface area contributed by atoms with E-state index in [0.29, 0.717) is 5.70 Å². The lowest BCUT2D eigenvalue weighted by Gasteiger charge is -2.22. The average molecular weight is 198 g/mol. The molecule has 0 aromatic rings. The predicted octanol–water partition coefficient (Wildman–Crippen LogP) is 2.20. The summed E-state index contributed by atoms with van der Waals surface area (Å²) in [4.78, 5) is 0. The first kappa shape index (κ1) is 9.45. The van der Waals surface area contributed by atoms with Gasteiger partial charge in [-0.05, 0) is 6.08 Å². The molecule has 0 saturated heterocycles. The van der Waals surface area contributed by atoms with Crippen LogP contribution in [0.5, 0.6) is 0 Å². The van der Waals surface area contributed by atoms with Crippen molar-refractivity contribution >= 4 is 11.6 Å². The van der Waals surface area contributed by atoms with Crippen LogP contribution in [0.3, 0.4) is 0 Å². The molecule has 1 N–H and O–H groups in total. The van der Waals surface area contributed by atoms with Crippen molar-refractivity contribution in [2.24, 2.45) is 0 Å². The van der Waals surface area contributed by atoms with Crippen molar-refractivity contribution < 1.29 is 13.2 Å². The third-order valence-electron chi connectivity index (χ3n) is 1.44. The van der Waals surface area contributed by atoms with Crippen LogP contribution in [-0.2, 0) is 0 Å². The second-order valence-electron chi connectivity index (χ2n) is 2.37. The van der Waals surface area contributed by atoms with E-state index in [1.165, 1.54) is 12.2 Å². The van der Waals surface area contributed by atoms with Gasteiger partial charge in [0.25, 0.3) is 0 Å². The molecule has 1 atom stereocenters. The Balaban J connectivity index is 2.65. The van der Waals surface area contributed by atoms with Gasteiger partial charge in [0.15, 0.2) is 0 Å². The maximum atomic E-state index is 12.1. The number of hydrogen-bond acceptors (Lipinski definition) is 1. The molecule has 5 heteroatoms. The monoisotopic (exact) mass is 197 g/mol. The van der Waals surface area contributed by atoms with Crippen molar-refractivity contribution in [2.75, 3.05) is 5.88 Å². The maximum absolute atomic E-state index is 12.1. The van der Waals surface area contributed by atoms with Gasteiger partial charge in [-0.2, -0.15) is 13.2 Å². The largest absolute Gasteiger partial charge is 0.412 e. The fraction of sp³-hybridized carbons (Fsp3) is 0.429. The maximum Gasteiger partial charge on any atom is 0.412 e. The lowest BCUT2D eigenvalue weighted by Crippen LogP contribution is -2.41. The standard InChI is InChI=1S/C7H7ClF3N/c8-4-5-2-1-3-6(12-5)7(9,10)11/h1-3,6,12H,4H2. The highest BCUT2D eigenvalue weighted by Crippen LogP contribution is 2.23. The summed E-state index contributed by atoms with van der Waals surface area (Å²) in [7, 11) is 0. The Morgan fingerprint density at radius 2 is 2.17 bits per heavy atom. The lowest BCUT2D eigenvalue weighted by molar-refractivity contribution is -0.143. The van der Waals surface area contributed by atoms with E-state index in [9.17, 15) is 13.2 Å². The van der Waals surface area contributed by atoms with E-state index in [4.69, 9.17) is 11.6 Å². The smallest absolute Gasteiger partial charge is 0.373 e. The van der Waals surface area contributed by atoms with Gasteiger partial charge in [-0.1, -0.05) is 12.2 Å². The zero-order valence-corrected chi connectivity index (χ0v) is 6.78. The number of alkyl halides is 4. The van der Waals surface area contributed by atoms with Crippen LogP contribution in [0.25, 0.3) is 0 Å². The van der Waals surface area contributed by atoms with Crippen LogP contribution < -0.4 is 5.32 Å². The third kappa shape index (κ3) is 2.17. The fourth-order valence-electron chi connectivity index (χ4n) is 0.853. The average Bonchev–Trinajstić information content (AvgIpc) is 2.03. The van der Waals surface area contributed by atoms with Crippen molar-refractivity contribution in [3.63, 3.8) is 0 Å². The summed E-state index contributed by atoms with van der Waals surface area (Å²) in [6.45, 7) is 0. The van der Waals surface area contributed by atoms with Gasteiger partial charge in [0, 0.05) is 5.70 Å².